The van der Waals surface area contributed by atoms with Crippen molar-refractivity contribution in [2.75, 3.05) is 12.3 Å². The zero-order valence-corrected chi connectivity index (χ0v) is 8.86. The molecule has 7 nitrogen and oxygen atoms in total. The summed E-state index contributed by atoms with van der Waals surface area (Å²) in [6.07, 6.45) is 1.73. The van der Waals surface area contributed by atoms with Crippen LogP contribution in [0.2, 0.25) is 0 Å². The van der Waals surface area contributed by atoms with E-state index in [2.05, 4.69) is 15.7 Å². The van der Waals surface area contributed by atoms with Gasteiger partial charge in [-0.25, -0.2) is 0 Å². The SMILES string of the molecule is Cn1ncc(N)c1C(=O)NC1CNC(=O)C1. The molecule has 0 bridgehead atoms. The molecule has 1 aliphatic heterocycles. The van der Waals surface area contributed by atoms with E-state index in [0.29, 0.717) is 24.3 Å². The fraction of sp³-hybridized carbons (Fsp3) is 0.444. The van der Waals surface area contributed by atoms with Crippen molar-refractivity contribution >= 4 is 17.5 Å². The van der Waals surface area contributed by atoms with E-state index in [0.717, 1.165) is 0 Å². The van der Waals surface area contributed by atoms with Gasteiger partial charge in [-0.2, -0.15) is 5.10 Å². The summed E-state index contributed by atoms with van der Waals surface area (Å²) < 4.78 is 1.41. The molecule has 7 heteroatoms. The Balaban J connectivity index is 2.06. The van der Waals surface area contributed by atoms with Crippen LogP contribution < -0.4 is 16.4 Å². The second-order valence-electron chi connectivity index (χ2n) is 3.75. The van der Waals surface area contributed by atoms with Crippen molar-refractivity contribution in [3.63, 3.8) is 0 Å². The first-order chi connectivity index (χ1) is 7.58. The smallest absolute Gasteiger partial charge is 0.271 e. The highest BCUT2D eigenvalue weighted by atomic mass is 16.2. The molecule has 0 spiro atoms. The lowest BCUT2D eigenvalue weighted by Gasteiger charge is -2.10. The summed E-state index contributed by atoms with van der Waals surface area (Å²) >= 11 is 0. The average molecular weight is 223 g/mol. The lowest BCUT2D eigenvalue weighted by molar-refractivity contribution is -0.119. The number of nitrogens with one attached hydrogen (secondary N) is 2. The van der Waals surface area contributed by atoms with E-state index in [1.165, 1.54) is 10.9 Å². The molecular formula is C9H13N5O2. The van der Waals surface area contributed by atoms with Gasteiger partial charge in [-0.3, -0.25) is 14.3 Å². The number of hydrogen-bond acceptors (Lipinski definition) is 4. The Hall–Kier alpha value is -2.05. The number of nitrogens with two attached hydrogens (primary N) is 1. The second kappa shape index (κ2) is 3.84. The summed E-state index contributed by atoms with van der Waals surface area (Å²) in [5, 5.41) is 9.25. The highest BCUT2D eigenvalue weighted by Gasteiger charge is 2.25. The van der Waals surface area contributed by atoms with Crippen LogP contribution in [-0.2, 0) is 11.8 Å². The number of anilines is 1. The molecule has 0 aromatic carbocycles. The van der Waals surface area contributed by atoms with Crippen LogP contribution in [0.3, 0.4) is 0 Å². The molecule has 2 rings (SSSR count). The molecule has 16 heavy (non-hydrogen) atoms. The number of aromatic nitrogens is 2. The van der Waals surface area contributed by atoms with Crippen molar-refractivity contribution in [1.29, 1.82) is 0 Å². The molecule has 2 heterocycles. The lowest BCUT2D eigenvalue weighted by atomic mass is 10.2. The molecule has 1 atom stereocenters. The summed E-state index contributed by atoms with van der Waals surface area (Å²) in [4.78, 5) is 22.8. The van der Waals surface area contributed by atoms with Crippen LogP contribution >= 0.6 is 0 Å². The summed E-state index contributed by atoms with van der Waals surface area (Å²) in [5.74, 6) is -0.359. The molecule has 0 radical (unpaired) electrons. The van der Waals surface area contributed by atoms with Gasteiger partial charge in [0.1, 0.15) is 5.69 Å². The highest BCUT2D eigenvalue weighted by molar-refractivity contribution is 5.98. The fourth-order valence-electron chi connectivity index (χ4n) is 1.69. The summed E-state index contributed by atoms with van der Waals surface area (Å²) in [5.41, 5.74) is 6.27. The maximum absolute atomic E-state index is 11.8. The summed E-state index contributed by atoms with van der Waals surface area (Å²) in [7, 11) is 1.64. The standard InChI is InChI=1S/C9H13N5O2/c1-14-8(6(10)4-12-14)9(16)13-5-2-7(15)11-3-5/h4-5H,2-3,10H2,1H3,(H,11,15)(H,13,16). The van der Waals surface area contributed by atoms with Crippen molar-refractivity contribution in [2.45, 2.75) is 12.5 Å². The van der Waals surface area contributed by atoms with Gasteiger partial charge in [-0.05, 0) is 0 Å². The van der Waals surface area contributed by atoms with E-state index in [4.69, 9.17) is 5.73 Å². The Kier molecular flexibility index (Phi) is 2.51. The molecule has 4 N–H and O–H groups in total. The predicted molar refractivity (Wildman–Crippen MR) is 56.5 cm³/mol. The van der Waals surface area contributed by atoms with Crippen LogP contribution in [0, 0.1) is 0 Å². The number of carbonyl (C=O) groups excluding carboxylic acids is 2. The predicted octanol–water partition coefficient (Wildman–Crippen LogP) is -1.38. The number of rotatable bonds is 2. The van der Waals surface area contributed by atoms with E-state index in [1.54, 1.807) is 7.05 Å². The van der Waals surface area contributed by atoms with Crippen molar-refractivity contribution in [3.05, 3.63) is 11.9 Å². The molecule has 1 aromatic rings. The Bertz CT molecular complexity index is 420. The van der Waals surface area contributed by atoms with Crippen molar-refractivity contribution in [1.82, 2.24) is 20.4 Å². The number of amides is 2. The topological polar surface area (TPSA) is 102 Å². The minimum absolute atomic E-state index is 0.0525. The fourth-order valence-corrected chi connectivity index (χ4v) is 1.69. The monoisotopic (exact) mass is 223 g/mol. The number of aryl methyl sites for hydroxylation is 1. The van der Waals surface area contributed by atoms with Crippen molar-refractivity contribution in [3.8, 4) is 0 Å². The Morgan fingerprint density at radius 3 is 3.00 bits per heavy atom. The quantitative estimate of drug-likeness (QED) is 0.575. The maximum atomic E-state index is 11.8. The first-order valence-corrected chi connectivity index (χ1v) is 4.93. The van der Waals surface area contributed by atoms with Crippen molar-refractivity contribution < 1.29 is 9.59 Å². The molecule has 1 saturated heterocycles. The molecule has 86 valence electrons. The second-order valence-corrected chi connectivity index (χ2v) is 3.75. The van der Waals surface area contributed by atoms with E-state index >= 15 is 0 Å². The third-order valence-electron chi connectivity index (χ3n) is 2.49. The van der Waals surface area contributed by atoms with E-state index in [9.17, 15) is 9.59 Å². The summed E-state index contributed by atoms with van der Waals surface area (Å²) in [6, 6.07) is -0.172. The first kappa shape index (κ1) is 10.5. The largest absolute Gasteiger partial charge is 0.396 e. The van der Waals surface area contributed by atoms with Gasteiger partial charge < -0.3 is 16.4 Å². The molecule has 0 aliphatic carbocycles. The Morgan fingerprint density at radius 1 is 1.75 bits per heavy atom. The highest BCUT2D eigenvalue weighted by Crippen LogP contribution is 2.10. The Labute approximate surface area is 92.0 Å². The van der Waals surface area contributed by atoms with Gasteiger partial charge in [-0.1, -0.05) is 0 Å². The van der Waals surface area contributed by atoms with Crippen LogP contribution in [0.5, 0.6) is 0 Å². The normalized spacial score (nSPS) is 19.6. The number of hydrogen-bond donors (Lipinski definition) is 3. The van der Waals surface area contributed by atoms with Gasteiger partial charge in [0.15, 0.2) is 0 Å². The zero-order chi connectivity index (χ0) is 11.7. The maximum Gasteiger partial charge on any atom is 0.271 e. The van der Waals surface area contributed by atoms with Gasteiger partial charge in [0, 0.05) is 20.0 Å². The molecule has 2 amide bonds. The van der Waals surface area contributed by atoms with Crippen LogP contribution in [0.4, 0.5) is 5.69 Å². The first-order valence-electron chi connectivity index (χ1n) is 4.93. The van der Waals surface area contributed by atoms with Gasteiger partial charge in [0.25, 0.3) is 5.91 Å². The van der Waals surface area contributed by atoms with Gasteiger partial charge in [0.2, 0.25) is 5.91 Å². The van der Waals surface area contributed by atoms with Crippen molar-refractivity contribution in [2.24, 2.45) is 7.05 Å². The minimum Gasteiger partial charge on any atom is -0.396 e. The molecule has 1 unspecified atom stereocenters. The van der Waals surface area contributed by atoms with Crippen LogP contribution in [0.1, 0.15) is 16.9 Å². The van der Waals surface area contributed by atoms with Gasteiger partial charge in [0.05, 0.1) is 17.9 Å². The molecular weight excluding hydrogens is 210 g/mol. The molecule has 0 saturated carbocycles. The summed E-state index contributed by atoms with van der Waals surface area (Å²) in [6.45, 7) is 0.461. The lowest BCUT2D eigenvalue weighted by Crippen LogP contribution is -2.37. The minimum atomic E-state index is -0.306. The van der Waals surface area contributed by atoms with Gasteiger partial charge in [-0.15, -0.1) is 0 Å². The molecule has 1 aliphatic rings. The van der Waals surface area contributed by atoms with Gasteiger partial charge >= 0.3 is 0 Å². The number of nitrogen functional groups attached to an aromatic ring is 1. The molecule has 1 fully saturated rings. The Morgan fingerprint density at radius 2 is 2.50 bits per heavy atom. The number of carbonyl (C=O) groups is 2. The average Bonchev–Trinajstić information content (AvgIpc) is 2.74. The molecule has 1 aromatic heterocycles. The number of nitrogens with zero attached hydrogens (tertiary/aromatic N) is 2. The van der Waals surface area contributed by atoms with Crippen LogP contribution in [0.25, 0.3) is 0 Å². The third kappa shape index (κ3) is 1.83. The van der Waals surface area contributed by atoms with E-state index < -0.39 is 0 Å². The van der Waals surface area contributed by atoms with Crippen LogP contribution in [0.15, 0.2) is 6.20 Å². The van der Waals surface area contributed by atoms with Crippen LogP contribution in [-0.4, -0.2) is 34.2 Å². The third-order valence-corrected chi connectivity index (χ3v) is 2.49. The van der Waals surface area contributed by atoms with E-state index in [1.807, 2.05) is 0 Å². The van der Waals surface area contributed by atoms with E-state index in [-0.39, 0.29) is 17.9 Å². The zero-order valence-electron chi connectivity index (χ0n) is 8.86.